The van der Waals surface area contributed by atoms with Crippen molar-refractivity contribution in [1.29, 1.82) is 0 Å². The van der Waals surface area contributed by atoms with E-state index in [4.69, 9.17) is 4.74 Å². The lowest BCUT2D eigenvalue weighted by Crippen LogP contribution is -2.65. The highest BCUT2D eigenvalue weighted by Gasteiger charge is 2.54. The molecule has 20 heavy (non-hydrogen) atoms. The lowest BCUT2D eigenvalue weighted by molar-refractivity contribution is -0.158. The van der Waals surface area contributed by atoms with E-state index < -0.39 is 35.8 Å². The molecule has 1 N–H and O–H groups in total. The van der Waals surface area contributed by atoms with Crippen LogP contribution in [-0.2, 0) is 19.1 Å². The van der Waals surface area contributed by atoms with Crippen LogP contribution in [0.15, 0.2) is 0 Å². The minimum Gasteiger partial charge on any atom is -0.465 e. The standard InChI is InChI=1S/C13H18N2O5/c1-2-20-9(16)8-15-11(18)13(6-4-3-5-7-13)10(17)14-12(15)19/h2-8H2,1H3,(H,14,17,19). The molecule has 110 valence electrons. The number of nitrogens with one attached hydrogen (secondary N) is 1. The number of urea groups is 1. The molecule has 7 nitrogen and oxygen atoms in total. The van der Waals surface area contributed by atoms with Crippen molar-refractivity contribution in [2.75, 3.05) is 13.2 Å². The Kier molecular flexibility index (Phi) is 4.06. The molecule has 2 fully saturated rings. The second-order valence-electron chi connectivity index (χ2n) is 5.10. The second-order valence-corrected chi connectivity index (χ2v) is 5.10. The Labute approximate surface area is 116 Å². The van der Waals surface area contributed by atoms with Crippen molar-refractivity contribution >= 4 is 23.8 Å². The van der Waals surface area contributed by atoms with Gasteiger partial charge in [0.25, 0.3) is 0 Å². The normalized spacial score (nSPS) is 21.9. The van der Waals surface area contributed by atoms with E-state index in [9.17, 15) is 19.2 Å². The molecule has 0 unspecified atom stereocenters. The molecule has 7 heteroatoms. The summed E-state index contributed by atoms with van der Waals surface area (Å²) in [6, 6.07) is -0.843. The van der Waals surface area contributed by atoms with Crippen LogP contribution in [0.4, 0.5) is 4.79 Å². The lowest BCUT2D eigenvalue weighted by atomic mass is 9.71. The van der Waals surface area contributed by atoms with E-state index in [0.29, 0.717) is 12.8 Å². The van der Waals surface area contributed by atoms with Gasteiger partial charge in [0.15, 0.2) is 0 Å². The summed E-state index contributed by atoms with van der Waals surface area (Å²) < 4.78 is 4.75. The molecular weight excluding hydrogens is 264 g/mol. The van der Waals surface area contributed by atoms with Gasteiger partial charge >= 0.3 is 12.0 Å². The SMILES string of the molecule is CCOC(=O)CN1C(=O)NC(=O)C2(CCCCC2)C1=O. The van der Waals surface area contributed by atoms with Crippen LogP contribution in [0.5, 0.6) is 0 Å². The van der Waals surface area contributed by atoms with Gasteiger partial charge in [-0.1, -0.05) is 19.3 Å². The van der Waals surface area contributed by atoms with E-state index in [1.807, 2.05) is 0 Å². The van der Waals surface area contributed by atoms with Crippen molar-refractivity contribution in [3.05, 3.63) is 0 Å². The number of nitrogens with zero attached hydrogens (tertiary/aromatic N) is 1. The Morgan fingerprint density at radius 1 is 1.25 bits per heavy atom. The molecule has 1 saturated carbocycles. The summed E-state index contributed by atoms with van der Waals surface area (Å²) in [5, 5.41) is 2.19. The zero-order chi connectivity index (χ0) is 14.8. The van der Waals surface area contributed by atoms with Gasteiger partial charge in [-0.3, -0.25) is 24.6 Å². The van der Waals surface area contributed by atoms with Crippen LogP contribution in [0, 0.1) is 5.41 Å². The first-order valence-electron chi connectivity index (χ1n) is 6.84. The van der Waals surface area contributed by atoms with Gasteiger partial charge in [-0.2, -0.15) is 0 Å². The molecule has 1 spiro atoms. The van der Waals surface area contributed by atoms with Crippen LogP contribution in [0.2, 0.25) is 0 Å². The highest BCUT2D eigenvalue weighted by Crippen LogP contribution is 2.40. The minimum absolute atomic E-state index is 0.173. The third-order valence-electron chi connectivity index (χ3n) is 3.85. The third kappa shape index (κ3) is 2.39. The highest BCUT2D eigenvalue weighted by molar-refractivity contribution is 6.19. The summed E-state index contributed by atoms with van der Waals surface area (Å²) >= 11 is 0. The van der Waals surface area contributed by atoms with Crippen LogP contribution < -0.4 is 5.32 Å². The number of hydrogen-bond donors (Lipinski definition) is 1. The number of hydrogen-bond acceptors (Lipinski definition) is 5. The smallest absolute Gasteiger partial charge is 0.331 e. The second kappa shape index (κ2) is 5.60. The van der Waals surface area contributed by atoms with Crippen molar-refractivity contribution in [2.24, 2.45) is 5.41 Å². The van der Waals surface area contributed by atoms with E-state index in [-0.39, 0.29) is 6.61 Å². The van der Waals surface area contributed by atoms with E-state index >= 15 is 0 Å². The van der Waals surface area contributed by atoms with Gasteiger partial charge in [0, 0.05) is 0 Å². The predicted octanol–water partition coefficient (Wildman–Crippen LogP) is 0.578. The van der Waals surface area contributed by atoms with E-state index in [2.05, 4.69) is 5.32 Å². The van der Waals surface area contributed by atoms with Crippen molar-refractivity contribution in [1.82, 2.24) is 10.2 Å². The summed E-state index contributed by atoms with van der Waals surface area (Å²) in [4.78, 5) is 48.6. The molecule has 2 rings (SSSR count). The molecule has 0 aromatic carbocycles. The number of imide groups is 2. The number of carbonyl (C=O) groups excluding carboxylic acids is 4. The van der Waals surface area contributed by atoms with Gasteiger partial charge in [0.05, 0.1) is 6.61 Å². The topological polar surface area (TPSA) is 92.8 Å². The van der Waals surface area contributed by atoms with Crippen LogP contribution in [0.3, 0.4) is 0 Å². The number of amides is 4. The van der Waals surface area contributed by atoms with Crippen molar-refractivity contribution in [2.45, 2.75) is 39.0 Å². The Hall–Kier alpha value is -1.92. The summed E-state index contributed by atoms with van der Waals surface area (Å²) in [6.45, 7) is 1.36. The average molecular weight is 282 g/mol. The Morgan fingerprint density at radius 2 is 1.90 bits per heavy atom. The summed E-state index contributed by atoms with van der Waals surface area (Å²) in [7, 11) is 0. The number of esters is 1. The van der Waals surface area contributed by atoms with Gasteiger partial charge in [-0.25, -0.2) is 4.79 Å². The fraction of sp³-hybridized carbons (Fsp3) is 0.692. The summed E-state index contributed by atoms with van der Waals surface area (Å²) in [6.07, 6.45) is 3.34. The van der Waals surface area contributed by atoms with Crippen molar-refractivity contribution < 1.29 is 23.9 Å². The first-order chi connectivity index (χ1) is 9.51. The molecule has 1 aliphatic carbocycles. The molecule has 0 atom stereocenters. The average Bonchev–Trinajstić information content (AvgIpc) is 2.43. The Bertz CT molecular complexity index is 454. The molecule has 0 radical (unpaired) electrons. The van der Waals surface area contributed by atoms with Gasteiger partial charge in [-0.15, -0.1) is 0 Å². The maximum Gasteiger partial charge on any atom is 0.331 e. The maximum atomic E-state index is 12.5. The maximum absolute atomic E-state index is 12.5. The zero-order valence-corrected chi connectivity index (χ0v) is 11.4. The number of ether oxygens (including phenoxy) is 1. The van der Waals surface area contributed by atoms with Crippen LogP contribution in [-0.4, -0.2) is 41.9 Å². The molecule has 1 aliphatic heterocycles. The van der Waals surface area contributed by atoms with Crippen LogP contribution >= 0.6 is 0 Å². The van der Waals surface area contributed by atoms with Crippen molar-refractivity contribution in [3.63, 3.8) is 0 Å². The molecule has 2 aliphatic rings. The van der Waals surface area contributed by atoms with E-state index in [1.165, 1.54) is 0 Å². The molecule has 4 amide bonds. The predicted molar refractivity (Wildman–Crippen MR) is 67.4 cm³/mol. The van der Waals surface area contributed by atoms with Gasteiger partial charge in [-0.05, 0) is 19.8 Å². The third-order valence-corrected chi connectivity index (χ3v) is 3.85. The fourth-order valence-corrected chi connectivity index (χ4v) is 2.81. The molecule has 0 bridgehead atoms. The number of rotatable bonds is 3. The number of carbonyl (C=O) groups is 4. The summed E-state index contributed by atoms with van der Waals surface area (Å²) in [5.41, 5.74) is -1.18. The molecule has 0 aromatic heterocycles. The first-order valence-corrected chi connectivity index (χ1v) is 6.84. The highest BCUT2D eigenvalue weighted by atomic mass is 16.5. The lowest BCUT2D eigenvalue weighted by Gasteiger charge is -2.40. The van der Waals surface area contributed by atoms with Gasteiger partial charge in [0.1, 0.15) is 12.0 Å². The Balaban J connectivity index is 2.20. The molecule has 1 heterocycles. The molecular formula is C13H18N2O5. The minimum atomic E-state index is -1.18. The van der Waals surface area contributed by atoms with Gasteiger partial charge in [0.2, 0.25) is 11.8 Å². The zero-order valence-electron chi connectivity index (χ0n) is 11.4. The van der Waals surface area contributed by atoms with Crippen LogP contribution in [0.25, 0.3) is 0 Å². The van der Waals surface area contributed by atoms with Crippen molar-refractivity contribution in [3.8, 4) is 0 Å². The number of barbiturate groups is 1. The fourth-order valence-electron chi connectivity index (χ4n) is 2.81. The first kappa shape index (κ1) is 14.5. The Morgan fingerprint density at radius 3 is 2.50 bits per heavy atom. The largest absolute Gasteiger partial charge is 0.465 e. The molecule has 1 saturated heterocycles. The molecule has 0 aromatic rings. The van der Waals surface area contributed by atoms with E-state index in [0.717, 1.165) is 24.2 Å². The van der Waals surface area contributed by atoms with Gasteiger partial charge < -0.3 is 4.74 Å². The quantitative estimate of drug-likeness (QED) is 0.603. The summed E-state index contributed by atoms with van der Waals surface area (Å²) in [5.74, 6) is -1.76. The monoisotopic (exact) mass is 282 g/mol. The van der Waals surface area contributed by atoms with E-state index in [1.54, 1.807) is 6.92 Å². The van der Waals surface area contributed by atoms with Crippen LogP contribution in [0.1, 0.15) is 39.0 Å².